The van der Waals surface area contributed by atoms with Crippen LogP contribution in [0.15, 0.2) is 35.8 Å². The number of methoxy groups -OCH3 is 1. The first-order valence-corrected chi connectivity index (χ1v) is 7.91. The van der Waals surface area contributed by atoms with Crippen LogP contribution in [0.2, 0.25) is 0 Å². The van der Waals surface area contributed by atoms with Crippen LogP contribution in [0, 0.1) is 0 Å². The number of hydrogen-bond donors (Lipinski definition) is 0. The molecule has 1 aliphatic heterocycles. The van der Waals surface area contributed by atoms with Crippen LogP contribution < -0.4 is 9.47 Å². The molecule has 0 N–H and O–H groups in total. The zero-order valence-electron chi connectivity index (χ0n) is 12.7. The van der Waals surface area contributed by atoms with E-state index in [2.05, 4.69) is 6.58 Å². The Morgan fingerprint density at radius 2 is 2.17 bits per heavy atom. The molecule has 0 saturated carbocycles. The molecule has 0 atom stereocenters. The Kier molecular flexibility index (Phi) is 5.57. The maximum Gasteiger partial charge on any atom is 0.308 e. The van der Waals surface area contributed by atoms with E-state index in [-0.39, 0.29) is 5.91 Å². The Morgan fingerprint density at radius 1 is 1.43 bits per heavy atom. The second kappa shape index (κ2) is 7.43. The summed E-state index contributed by atoms with van der Waals surface area (Å²) in [5.74, 6) is 0.163. The molecule has 5 nitrogen and oxygen atoms in total. The van der Waals surface area contributed by atoms with Gasteiger partial charge in [-0.3, -0.25) is 14.5 Å². The van der Waals surface area contributed by atoms with E-state index in [0.717, 1.165) is 5.56 Å². The van der Waals surface area contributed by atoms with Crippen molar-refractivity contribution in [3.8, 4) is 11.5 Å². The molecule has 1 aromatic carbocycles. The van der Waals surface area contributed by atoms with Gasteiger partial charge < -0.3 is 9.47 Å². The molecule has 1 fully saturated rings. The molecule has 1 saturated heterocycles. The van der Waals surface area contributed by atoms with Crippen molar-refractivity contribution >= 4 is 46.3 Å². The Bertz CT molecular complexity index is 712. The van der Waals surface area contributed by atoms with E-state index in [0.29, 0.717) is 27.3 Å². The van der Waals surface area contributed by atoms with Gasteiger partial charge in [0, 0.05) is 13.5 Å². The normalized spacial score (nSPS) is 15.9. The number of rotatable bonds is 5. The van der Waals surface area contributed by atoms with Gasteiger partial charge in [0.25, 0.3) is 5.91 Å². The summed E-state index contributed by atoms with van der Waals surface area (Å²) in [5.41, 5.74) is 0.747. The highest BCUT2D eigenvalue weighted by atomic mass is 32.2. The predicted molar refractivity (Wildman–Crippen MR) is 94.4 cm³/mol. The average Bonchev–Trinajstić information content (AvgIpc) is 2.76. The van der Waals surface area contributed by atoms with Gasteiger partial charge in [-0.1, -0.05) is 36.1 Å². The Morgan fingerprint density at radius 3 is 2.78 bits per heavy atom. The Balaban J connectivity index is 2.29. The van der Waals surface area contributed by atoms with E-state index in [1.807, 2.05) is 0 Å². The number of benzene rings is 1. The lowest BCUT2D eigenvalue weighted by Crippen LogP contribution is -2.27. The van der Waals surface area contributed by atoms with Crippen LogP contribution in [0.3, 0.4) is 0 Å². The summed E-state index contributed by atoms with van der Waals surface area (Å²) in [7, 11) is 1.48. The minimum absolute atomic E-state index is 0.150. The summed E-state index contributed by atoms with van der Waals surface area (Å²) >= 11 is 6.43. The van der Waals surface area contributed by atoms with Gasteiger partial charge in [0.2, 0.25) is 0 Å². The fourth-order valence-corrected chi connectivity index (χ4v) is 3.23. The van der Waals surface area contributed by atoms with E-state index in [4.69, 9.17) is 21.7 Å². The number of thiocarbonyl (C=S) groups is 1. The van der Waals surface area contributed by atoms with Crippen LogP contribution in [0.1, 0.15) is 12.5 Å². The maximum atomic E-state index is 12.3. The molecule has 2 rings (SSSR count). The van der Waals surface area contributed by atoms with Gasteiger partial charge in [-0.15, -0.1) is 6.58 Å². The molecule has 1 aliphatic rings. The van der Waals surface area contributed by atoms with E-state index in [9.17, 15) is 9.59 Å². The van der Waals surface area contributed by atoms with Crippen LogP contribution in [0.5, 0.6) is 11.5 Å². The fraction of sp³-hybridized carbons (Fsp3) is 0.188. The molecule has 1 heterocycles. The van der Waals surface area contributed by atoms with Crippen LogP contribution in [0.25, 0.3) is 6.08 Å². The third kappa shape index (κ3) is 4.00. The van der Waals surface area contributed by atoms with Crippen molar-refractivity contribution < 1.29 is 19.1 Å². The van der Waals surface area contributed by atoms with Gasteiger partial charge in [-0.05, 0) is 23.8 Å². The monoisotopic (exact) mass is 349 g/mol. The molecule has 120 valence electrons. The molecule has 0 unspecified atom stereocenters. The molecule has 0 aliphatic carbocycles. The van der Waals surface area contributed by atoms with E-state index in [1.165, 1.54) is 30.7 Å². The van der Waals surface area contributed by atoms with Crippen molar-refractivity contribution in [3.63, 3.8) is 0 Å². The van der Waals surface area contributed by atoms with E-state index in [1.54, 1.807) is 30.4 Å². The molecule has 0 radical (unpaired) electrons. The number of amides is 1. The Hall–Kier alpha value is -2.12. The summed E-state index contributed by atoms with van der Waals surface area (Å²) in [6.07, 6.45) is 3.35. The predicted octanol–water partition coefficient (Wildman–Crippen LogP) is 3.01. The summed E-state index contributed by atoms with van der Waals surface area (Å²) in [4.78, 5) is 25.4. The van der Waals surface area contributed by atoms with Crippen LogP contribution in [0.4, 0.5) is 0 Å². The first-order valence-electron chi connectivity index (χ1n) is 6.69. The summed E-state index contributed by atoms with van der Waals surface area (Å²) in [5, 5.41) is 0. The van der Waals surface area contributed by atoms with E-state index >= 15 is 0 Å². The number of esters is 1. The summed E-state index contributed by atoms with van der Waals surface area (Å²) in [6.45, 7) is 5.32. The van der Waals surface area contributed by atoms with Crippen molar-refractivity contribution in [1.29, 1.82) is 0 Å². The van der Waals surface area contributed by atoms with Gasteiger partial charge in [0.1, 0.15) is 4.32 Å². The molecule has 0 aromatic heterocycles. The lowest BCUT2D eigenvalue weighted by atomic mass is 10.2. The fourth-order valence-electron chi connectivity index (χ4n) is 1.95. The zero-order valence-corrected chi connectivity index (χ0v) is 14.3. The highest BCUT2D eigenvalue weighted by molar-refractivity contribution is 8.26. The summed E-state index contributed by atoms with van der Waals surface area (Å²) < 4.78 is 10.8. The molecule has 0 bridgehead atoms. The number of carbonyl (C=O) groups is 2. The highest BCUT2D eigenvalue weighted by Gasteiger charge is 2.30. The molecule has 23 heavy (non-hydrogen) atoms. The van der Waals surface area contributed by atoms with Crippen molar-refractivity contribution in [2.45, 2.75) is 6.92 Å². The largest absolute Gasteiger partial charge is 0.493 e. The molecule has 7 heteroatoms. The second-order valence-electron chi connectivity index (χ2n) is 4.58. The highest BCUT2D eigenvalue weighted by Crippen LogP contribution is 2.34. The van der Waals surface area contributed by atoms with Crippen molar-refractivity contribution in [2.75, 3.05) is 13.7 Å². The number of hydrogen-bond acceptors (Lipinski definition) is 6. The maximum absolute atomic E-state index is 12.3. The number of ether oxygens (including phenoxy) is 2. The quantitative estimate of drug-likeness (QED) is 0.268. The minimum Gasteiger partial charge on any atom is -0.493 e. The van der Waals surface area contributed by atoms with Crippen LogP contribution in [-0.4, -0.2) is 34.8 Å². The number of thioether (sulfide) groups is 1. The van der Waals surface area contributed by atoms with E-state index < -0.39 is 5.97 Å². The lowest BCUT2D eigenvalue weighted by molar-refractivity contribution is -0.132. The molecule has 1 amide bonds. The third-order valence-electron chi connectivity index (χ3n) is 2.92. The number of nitrogens with zero attached hydrogens (tertiary/aromatic N) is 1. The van der Waals surface area contributed by atoms with Gasteiger partial charge in [-0.2, -0.15) is 0 Å². The third-order valence-corrected chi connectivity index (χ3v) is 4.30. The van der Waals surface area contributed by atoms with Crippen molar-refractivity contribution in [2.24, 2.45) is 0 Å². The molecular formula is C16H15NO4S2. The SMILES string of the molecule is C=CCN1C(=O)/C(=C\c2ccc(OC(C)=O)c(OC)c2)SC1=S. The average molecular weight is 349 g/mol. The number of carbonyl (C=O) groups excluding carboxylic acids is 2. The first-order chi connectivity index (χ1) is 11.0. The molecular weight excluding hydrogens is 334 g/mol. The second-order valence-corrected chi connectivity index (χ2v) is 6.26. The minimum atomic E-state index is -0.429. The molecule has 1 aromatic rings. The standard InChI is InChI=1S/C16H15NO4S2/c1-4-7-17-15(19)14(23-16(17)22)9-11-5-6-12(21-10(2)18)13(8-11)20-3/h4-6,8-9H,1,7H2,2-3H3/b14-9+. The first kappa shape index (κ1) is 17.2. The van der Waals surface area contributed by atoms with Crippen LogP contribution >= 0.6 is 24.0 Å². The summed E-state index contributed by atoms with van der Waals surface area (Å²) in [6, 6.07) is 5.05. The van der Waals surface area contributed by atoms with Gasteiger partial charge in [0.15, 0.2) is 11.5 Å². The van der Waals surface area contributed by atoms with Gasteiger partial charge in [-0.25, -0.2) is 0 Å². The van der Waals surface area contributed by atoms with Crippen molar-refractivity contribution in [1.82, 2.24) is 4.90 Å². The Labute approximate surface area is 143 Å². The van der Waals surface area contributed by atoms with Crippen LogP contribution in [-0.2, 0) is 9.59 Å². The zero-order chi connectivity index (χ0) is 17.0. The van der Waals surface area contributed by atoms with Gasteiger partial charge >= 0.3 is 5.97 Å². The smallest absolute Gasteiger partial charge is 0.308 e. The topological polar surface area (TPSA) is 55.8 Å². The molecule has 0 spiro atoms. The van der Waals surface area contributed by atoms with Crippen molar-refractivity contribution in [3.05, 3.63) is 41.3 Å². The lowest BCUT2D eigenvalue weighted by Gasteiger charge is -2.10. The van der Waals surface area contributed by atoms with Gasteiger partial charge in [0.05, 0.1) is 12.0 Å².